The van der Waals surface area contributed by atoms with Crippen molar-refractivity contribution in [2.75, 3.05) is 5.32 Å². The van der Waals surface area contributed by atoms with Crippen LogP contribution in [0.5, 0.6) is 0 Å². The second-order valence-corrected chi connectivity index (χ2v) is 4.30. The summed E-state index contributed by atoms with van der Waals surface area (Å²) in [6.07, 6.45) is 3.76. The zero-order chi connectivity index (χ0) is 13.7. The number of nitrogens with zero attached hydrogens (tertiary/aromatic N) is 3. The Balaban J connectivity index is 2.05. The molecule has 1 aromatic carbocycles. The Morgan fingerprint density at radius 1 is 1.53 bits per heavy atom. The molecule has 0 saturated carbocycles. The first-order valence-corrected chi connectivity index (χ1v) is 6.17. The topological polar surface area (TPSA) is 85.8 Å². The third-order valence-corrected chi connectivity index (χ3v) is 2.78. The Morgan fingerprint density at radius 2 is 2.37 bits per heavy atom. The third kappa shape index (κ3) is 3.62. The number of nitrogens with two attached hydrogens (primary N) is 1. The van der Waals surface area contributed by atoms with Crippen LogP contribution in [0.15, 0.2) is 36.9 Å². The summed E-state index contributed by atoms with van der Waals surface area (Å²) in [7, 11) is 0. The van der Waals surface area contributed by atoms with Gasteiger partial charge in [-0.1, -0.05) is 19.1 Å². The van der Waals surface area contributed by atoms with Crippen LogP contribution in [0.1, 0.15) is 18.9 Å². The number of benzene rings is 1. The fourth-order valence-corrected chi connectivity index (χ4v) is 1.67. The molecule has 0 aliphatic rings. The summed E-state index contributed by atoms with van der Waals surface area (Å²) in [5.41, 5.74) is 7.46. The molecule has 1 aromatic heterocycles. The van der Waals surface area contributed by atoms with E-state index < -0.39 is 6.04 Å². The van der Waals surface area contributed by atoms with Gasteiger partial charge in [-0.25, -0.2) is 9.67 Å². The molecule has 0 radical (unpaired) electrons. The molecule has 6 heteroatoms. The molecule has 0 fully saturated rings. The summed E-state index contributed by atoms with van der Waals surface area (Å²) in [5.74, 6) is -0.166. The molecule has 1 unspecified atom stereocenters. The highest BCUT2D eigenvalue weighted by molar-refractivity contribution is 5.94. The quantitative estimate of drug-likeness (QED) is 0.838. The molecule has 1 heterocycles. The summed E-state index contributed by atoms with van der Waals surface area (Å²) >= 11 is 0. The fourth-order valence-electron chi connectivity index (χ4n) is 1.67. The van der Waals surface area contributed by atoms with E-state index in [2.05, 4.69) is 15.4 Å². The lowest BCUT2D eigenvalue weighted by Crippen LogP contribution is -2.34. The van der Waals surface area contributed by atoms with E-state index in [1.807, 2.05) is 31.2 Å². The number of carbonyl (C=O) groups excluding carboxylic acids is 1. The summed E-state index contributed by atoms with van der Waals surface area (Å²) in [5, 5.41) is 6.85. The SMILES string of the molecule is CCC(N)C(=O)Nc1cccc(Cn2cncn2)c1. The first-order valence-electron chi connectivity index (χ1n) is 6.17. The van der Waals surface area contributed by atoms with Crippen molar-refractivity contribution in [3.05, 3.63) is 42.5 Å². The van der Waals surface area contributed by atoms with Crippen molar-refractivity contribution in [1.82, 2.24) is 14.8 Å². The van der Waals surface area contributed by atoms with E-state index in [0.29, 0.717) is 13.0 Å². The van der Waals surface area contributed by atoms with Crippen LogP contribution in [0.4, 0.5) is 5.69 Å². The van der Waals surface area contributed by atoms with Crippen molar-refractivity contribution >= 4 is 11.6 Å². The molecule has 100 valence electrons. The molecule has 3 N–H and O–H groups in total. The lowest BCUT2D eigenvalue weighted by Gasteiger charge is -2.11. The predicted octanol–water partition coefficient (Wildman–Crippen LogP) is 1.00. The second kappa shape index (κ2) is 6.10. The summed E-state index contributed by atoms with van der Waals surface area (Å²) < 4.78 is 1.72. The predicted molar refractivity (Wildman–Crippen MR) is 72.5 cm³/mol. The van der Waals surface area contributed by atoms with Crippen LogP contribution < -0.4 is 11.1 Å². The van der Waals surface area contributed by atoms with Crippen molar-refractivity contribution < 1.29 is 4.79 Å². The van der Waals surface area contributed by atoms with Gasteiger partial charge in [-0.3, -0.25) is 4.79 Å². The van der Waals surface area contributed by atoms with Gasteiger partial charge in [-0.05, 0) is 24.1 Å². The Bertz CT molecular complexity index is 538. The van der Waals surface area contributed by atoms with Gasteiger partial charge in [0.15, 0.2) is 0 Å². The third-order valence-electron chi connectivity index (χ3n) is 2.78. The summed E-state index contributed by atoms with van der Waals surface area (Å²) in [4.78, 5) is 15.6. The zero-order valence-electron chi connectivity index (χ0n) is 10.8. The molecule has 0 bridgehead atoms. The molecule has 2 aromatic rings. The monoisotopic (exact) mass is 259 g/mol. The highest BCUT2D eigenvalue weighted by Crippen LogP contribution is 2.12. The Kier molecular flexibility index (Phi) is 4.25. The van der Waals surface area contributed by atoms with E-state index in [9.17, 15) is 4.79 Å². The minimum absolute atomic E-state index is 0.166. The Labute approximate surface area is 111 Å². The van der Waals surface area contributed by atoms with Crippen LogP contribution in [0.25, 0.3) is 0 Å². The largest absolute Gasteiger partial charge is 0.325 e. The Hall–Kier alpha value is -2.21. The van der Waals surface area contributed by atoms with E-state index >= 15 is 0 Å². The number of amides is 1. The normalized spacial score (nSPS) is 12.1. The number of hydrogen-bond acceptors (Lipinski definition) is 4. The van der Waals surface area contributed by atoms with Gasteiger partial charge in [0.05, 0.1) is 12.6 Å². The molecule has 0 spiro atoms. The van der Waals surface area contributed by atoms with E-state index in [1.165, 1.54) is 6.33 Å². The van der Waals surface area contributed by atoms with Gasteiger partial charge in [0.2, 0.25) is 5.91 Å². The average molecular weight is 259 g/mol. The van der Waals surface area contributed by atoms with Crippen molar-refractivity contribution in [3.63, 3.8) is 0 Å². The van der Waals surface area contributed by atoms with Crippen LogP contribution in [-0.2, 0) is 11.3 Å². The van der Waals surface area contributed by atoms with Crippen LogP contribution in [0.3, 0.4) is 0 Å². The highest BCUT2D eigenvalue weighted by Gasteiger charge is 2.10. The standard InChI is InChI=1S/C13H17N5O/c1-2-12(14)13(19)17-11-5-3-4-10(6-11)7-18-9-15-8-16-18/h3-6,8-9,12H,2,7,14H2,1H3,(H,17,19). The minimum Gasteiger partial charge on any atom is -0.325 e. The summed E-state index contributed by atoms with van der Waals surface area (Å²) in [6, 6.07) is 7.13. The second-order valence-electron chi connectivity index (χ2n) is 4.30. The van der Waals surface area contributed by atoms with Gasteiger partial charge in [-0.2, -0.15) is 5.10 Å². The lowest BCUT2D eigenvalue weighted by atomic mass is 10.2. The first kappa shape index (κ1) is 13.2. The van der Waals surface area contributed by atoms with Crippen molar-refractivity contribution in [3.8, 4) is 0 Å². The molecular weight excluding hydrogens is 242 g/mol. The highest BCUT2D eigenvalue weighted by atomic mass is 16.2. The fraction of sp³-hybridized carbons (Fsp3) is 0.308. The van der Waals surface area contributed by atoms with Gasteiger partial charge >= 0.3 is 0 Å². The molecule has 6 nitrogen and oxygen atoms in total. The maximum atomic E-state index is 11.7. The van der Waals surface area contributed by atoms with Crippen LogP contribution in [0.2, 0.25) is 0 Å². The van der Waals surface area contributed by atoms with Crippen LogP contribution in [-0.4, -0.2) is 26.7 Å². The van der Waals surface area contributed by atoms with E-state index in [1.54, 1.807) is 11.0 Å². The van der Waals surface area contributed by atoms with E-state index in [0.717, 1.165) is 11.3 Å². The maximum absolute atomic E-state index is 11.7. The maximum Gasteiger partial charge on any atom is 0.241 e. The van der Waals surface area contributed by atoms with E-state index in [-0.39, 0.29) is 5.91 Å². The van der Waals surface area contributed by atoms with E-state index in [4.69, 9.17) is 5.73 Å². The van der Waals surface area contributed by atoms with Gasteiger partial charge in [0.1, 0.15) is 12.7 Å². The van der Waals surface area contributed by atoms with Crippen molar-refractivity contribution in [2.45, 2.75) is 25.9 Å². The molecule has 0 saturated heterocycles. The number of rotatable bonds is 5. The van der Waals surface area contributed by atoms with Crippen LogP contribution in [0, 0.1) is 0 Å². The zero-order valence-corrected chi connectivity index (χ0v) is 10.8. The van der Waals surface area contributed by atoms with Crippen molar-refractivity contribution in [1.29, 1.82) is 0 Å². The average Bonchev–Trinajstić information content (AvgIpc) is 2.91. The van der Waals surface area contributed by atoms with Crippen LogP contribution >= 0.6 is 0 Å². The van der Waals surface area contributed by atoms with Gasteiger partial charge in [-0.15, -0.1) is 0 Å². The number of nitrogens with one attached hydrogen (secondary N) is 1. The molecule has 0 aliphatic carbocycles. The van der Waals surface area contributed by atoms with Gasteiger partial charge in [0, 0.05) is 5.69 Å². The number of hydrogen-bond donors (Lipinski definition) is 2. The molecule has 1 amide bonds. The minimum atomic E-state index is -0.473. The smallest absolute Gasteiger partial charge is 0.241 e. The number of anilines is 1. The molecule has 0 aliphatic heterocycles. The molecule has 2 rings (SSSR count). The van der Waals surface area contributed by atoms with Crippen molar-refractivity contribution in [2.24, 2.45) is 5.73 Å². The first-order chi connectivity index (χ1) is 9.19. The molecular formula is C13H17N5O. The summed E-state index contributed by atoms with van der Waals surface area (Å²) in [6.45, 7) is 2.49. The Morgan fingerprint density at radius 3 is 3.05 bits per heavy atom. The number of aromatic nitrogens is 3. The van der Waals surface area contributed by atoms with Gasteiger partial charge < -0.3 is 11.1 Å². The number of carbonyl (C=O) groups is 1. The van der Waals surface area contributed by atoms with Gasteiger partial charge in [0.25, 0.3) is 0 Å². The molecule has 1 atom stereocenters. The lowest BCUT2D eigenvalue weighted by molar-refractivity contribution is -0.117. The molecule has 19 heavy (non-hydrogen) atoms.